The van der Waals surface area contributed by atoms with Gasteiger partial charge in [-0.2, -0.15) is 0 Å². The van der Waals surface area contributed by atoms with Crippen molar-refractivity contribution in [2.24, 2.45) is 5.92 Å². The van der Waals surface area contributed by atoms with E-state index in [9.17, 15) is 17.3 Å². The lowest BCUT2D eigenvalue weighted by Gasteiger charge is -2.02. The maximum Gasteiger partial charge on any atom is 0.673 e. The second-order valence-corrected chi connectivity index (χ2v) is 7.89. The summed E-state index contributed by atoms with van der Waals surface area (Å²) in [7, 11) is -6.00. The molecule has 0 unspecified atom stereocenters. The third-order valence-corrected chi connectivity index (χ3v) is 6.28. The van der Waals surface area contributed by atoms with E-state index >= 15 is 0 Å². The summed E-state index contributed by atoms with van der Waals surface area (Å²) in [5.41, 5.74) is 2.92. The van der Waals surface area contributed by atoms with E-state index in [1.54, 1.807) is 0 Å². The summed E-state index contributed by atoms with van der Waals surface area (Å²) in [6.45, 7) is 0. The Kier molecular flexibility index (Phi) is 4.91. The molecule has 0 bridgehead atoms. The molecule has 1 saturated carbocycles. The molecule has 1 aromatic carbocycles. The number of hydrogen-bond acceptors (Lipinski definition) is 2. The zero-order valence-corrected chi connectivity index (χ0v) is 14.0. The highest BCUT2D eigenvalue weighted by Gasteiger charge is 2.25. The second kappa shape index (κ2) is 6.77. The number of benzene rings is 1. The van der Waals surface area contributed by atoms with Crippen molar-refractivity contribution in [1.82, 2.24) is 0 Å². The fraction of sp³-hybridized carbons (Fsp3) is 0.400. The van der Waals surface area contributed by atoms with E-state index < -0.39 is 7.25 Å². The largest absolute Gasteiger partial charge is 0.673 e. The van der Waals surface area contributed by atoms with Gasteiger partial charge in [-0.1, -0.05) is 47.6 Å². The van der Waals surface area contributed by atoms with Crippen molar-refractivity contribution in [1.29, 1.82) is 0 Å². The third-order valence-electron chi connectivity index (χ3n) is 4.04. The molecule has 2 heterocycles. The fourth-order valence-electron chi connectivity index (χ4n) is 3.14. The first-order chi connectivity index (χ1) is 10.9. The van der Waals surface area contributed by atoms with Gasteiger partial charge in [-0.05, 0) is 24.8 Å². The highest BCUT2D eigenvalue weighted by Crippen LogP contribution is 2.30. The molecular weight excluding hydrogens is 345 g/mol. The van der Waals surface area contributed by atoms with Gasteiger partial charge in [0.25, 0.3) is 0 Å². The van der Waals surface area contributed by atoms with Crippen molar-refractivity contribution in [2.45, 2.75) is 32.1 Å². The van der Waals surface area contributed by atoms with Gasteiger partial charge in [0.2, 0.25) is 5.52 Å². The summed E-state index contributed by atoms with van der Waals surface area (Å²) >= 11 is 3.83. The Morgan fingerprint density at radius 2 is 1.74 bits per heavy atom. The topological polar surface area (TPSA) is 4.10 Å². The number of thiazole rings is 2. The molecule has 0 amide bonds. The predicted molar refractivity (Wildman–Crippen MR) is 88.7 cm³/mol. The van der Waals surface area contributed by atoms with Crippen LogP contribution in [0, 0.1) is 5.92 Å². The first-order valence-electron chi connectivity index (χ1n) is 7.59. The van der Waals surface area contributed by atoms with Gasteiger partial charge >= 0.3 is 11.4 Å². The summed E-state index contributed by atoms with van der Waals surface area (Å²) < 4.78 is 44.3. The van der Waals surface area contributed by atoms with Crippen molar-refractivity contribution in [3.05, 3.63) is 35.3 Å². The molecule has 124 valence electrons. The van der Waals surface area contributed by atoms with E-state index in [1.807, 2.05) is 22.7 Å². The van der Waals surface area contributed by atoms with Crippen molar-refractivity contribution in [3.63, 3.8) is 0 Å². The van der Waals surface area contributed by atoms with Gasteiger partial charge in [-0.15, -0.1) is 4.40 Å². The molecule has 0 spiro atoms. The molecule has 0 radical (unpaired) electrons. The van der Waals surface area contributed by atoms with Crippen LogP contribution in [0.2, 0.25) is 0 Å². The van der Waals surface area contributed by atoms with Crippen LogP contribution < -0.4 is 4.40 Å². The Bertz CT molecular complexity index is 784. The van der Waals surface area contributed by atoms with E-state index in [4.69, 9.17) is 0 Å². The average Bonchev–Trinajstić information content (AvgIpc) is 3.15. The molecular formula is C15H16BF4NS2. The van der Waals surface area contributed by atoms with Crippen LogP contribution in [0.1, 0.15) is 31.4 Å². The van der Waals surface area contributed by atoms with Gasteiger partial charge in [0.15, 0.2) is 5.69 Å². The molecule has 2 aromatic heterocycles. The predicted octanol–water partition coefficient (Wildman–Crippen LogP) is 5.73. The summed E-state index contributed by atoms with van der Waals surface area (Å²) in [5.74, 6) is 0.925. The van der Waals surface area contributed by atoms with Gasteiger partial charge in [0.05, 0.1) is 5.38 Å². The van der Waals surface area contributed by atoms with E-state index in [1.165, 1.54) is 52.2 Å². The normalized spacial score (nSPS) is 16.0. The summed E-state index contributed by atoms with van der Waals surface area (Å²) in [5, 5.41) is 2.37. The monoisotopic (exact) mass is 361 g/mol. The highest BCUT2D eigenvalue weighted by atomic mass is 32.2. The highest BCUT2D eigenvalue weighted by molar-refractivity contribution is 7.37. The minimum absolute atomic E-state index is 0.925. The van der Waals surface area contributed by atoms with Gasteiger partial charge in [0, 0.05) is 12.5 Å². The van der Waals surface area contributed by atoms with E-state index in [0.29, 0.717) is 0 Å². The van der Waals surface area contributed by atoms with Crippen LogP contribution in [0.3, 0.4) is 0 Å². The third kappa shape index (κ3) is 4.23. The fourth-order valence-corrected chi connectivity index (χ4v) is 5.41. The lowest BCUT2D eigenvalue weighted by molar-refractivity contribution is -0.484. The number of rotatable bonds is 2. The Balaban J connectivity index is 0.000000276. The second-order valence-electron chi connectivity index (χ2n) is 5.75. The number of fused-ring (bicyclic) bond motifs is 3. The Morgan fingerprint density at radius 3 is 2.43 bits per heavy atom. The first-order valence-corrected chi connectivity index (χ1v) is 9.28. The smallest absolute Gasteiger partial charge is 0.418 e. The minimum atomic E-state index is -6.00. The molecule has 0 saturated heterocycles. The maximum atomic E-state index is 9.75. The standard InChI is InChI=1S/C15H16NS2.BF4/c1-2-6-11(5-1)9-12-10-17-15-16(12)13-7-3-4-8-14(13)18-15;2-1(3,4)5/h3-4,7-8,10-11H,1-2,5-6,9H2;/q+1;-1. The van der Waals surface area contributed by atoms with Crippen molar-refractivity contribution in [3.8, 4) is 0 Å². The SMILES string of the molecule is F[B-](F)(F)F.c1ccc2c(c1)sc1scc(CC3CCCC3)[n+]12. The molecule has 1 aliphatic rings. The number of hydrogen-bond donors (Lipinski definition) is 0. The molecule has 8 heteroatoms. The van der Waals surface area contributed by atoms with Gasteiger partial charge in [-0.25, -0.2) is 0 Å². The Labute approximate surface area is 139 Å². The van der Waals surface area contributed by atoms with Crippen LogP contribution in [0.5, 0.6) is 0 Å². The molecule has 0 atom stereocenters. The van der Waals surface area contributed by atoms with Crippen LogP contribution in [-0.4, -0.2) is 7.25 Å². The lowest BCUT2D eigenvalue weighted by Crippen LogP contribution is -2.23. The van der Waals surface area contributed by atoms with E-state index in [0.717, 1.165) is 5.92 Å². The number of halogens is 4. The average molecular weight is 361 g/mol. The molecule has 1 nitrogen and oxygen atoms in total. The molecule has 0 N–H and O–H groups in total. The molecule has 1 aliphatic carbocycles. The van der Waals surface area contributed by atoms with Crippen LogP contribution in [0.4, 0.5) is 17.3 Å². The van der Waals surface area contributed by atoms with Crippen molar-refractivity contribution >= 4 is 44.3 Å². The van der Waals surface area contributed by atoms with Crippen LogP contribution in [-0.2, 0) is 6.42 Å². The van der Waals surface area contributed by atoms with Crippen LogP contribution >= 0.6 is 22.7 Å². The minimum Gasteiger partial charge on any atom is -0.418 e. The number of nitrogens with zero attached hydrogens (tertiary/aromatic N) is 1. The zero-order chi connectivity index (χ0) is 16.4. The maximum absolute atomic E-state index is 9.75. The molecule has 1 fully saturated rings. The number of aromatic nitrogens is 1. The summed E-state index contributed by atoms with van der Waals surface area (Å²) in [6, 6.07) is 8.78. The number of para-hydroxylation sites is 1. The summed E-state index contributed by atoms with van der Waals surface area (Å²) in [6.07, 6.45) is 7.01. The Morgan fingerprint density at radius 1 is 1.09 bits per heavy atom. The van der Waals surface area contributed by atoms with E-state index in [-0.39, 0.29) is 0 Å². The van der Waals surface area contributed by atoms with Gasteiger partial charge in [0.1, 0.15) is 4.70 Å². The summed E-state index contributed by atoms with van der Waals surface area (Å²) in [4.78, 5) is 0. The van der Waals surface area contributed by atoms with Gasteiger partial charge in [-0.3, -0.25) is 0 Å². The quantitative estimate of drug-likeness (QED) is 0.312. The van der Waals surface area contributed by atoms with Crippen LogP contribution in [0.25, 0.3) is 14.4 Å². The molecule has 0 aliphatic heterocycles. The lowest BCUT2D eigenvalue weighted by atomic mass is 10.0. The van der Waals surface area contributed by atoms with E-state index in [2.05, 4.69) is 34.0 Å². The van der Waals surface area contributed by atoms with Gasteiger partial charge < -0.3 is 17.3 Å². The molecule has 3 aromatic rings. The molecule has 23 heavy (non-hydrogen) atoms. The van der Waals surface area contributed by atoms with Crippen molar-refractivity contribution in [2.75, 3.05) is 0 Å². The Hall–Kier alpha value is -1.15. The van der Waals surface area contributed by atoms with Crippen LogP contribution in [0.15, 0.2) is 29.6 Å². The zero-order valence-electron chi connectivity index (χ0n) is 12.4. The molecule has 4 rings (SSSR count). The first kappa shape index (κ1) is 16.7. The van der Waals surface area contributed by atoms with Crippen molar-refractivity contribution < 1.29 is 21.7 Å².